The maximum atomic E-state index is 11.8. The third-order valence-corrected chi connectivity index (χ3v) is 3.71. The number of hydrogen-bond donors (Lipinski definition) is 1. The van der Waals surface area contributed by atoms with E-state index in [4.69, 9.17) is 9.47 Å². The first-order valence-electron chi connectivity index (χ1n) is 7.84. The zero-order chi connectivity index (χ0) is 16.7. The van der Waals surface area contributed by atoms with Crippen LogP contribution in [-0.4, -0.2) is 31.1 Å². The standard InChI is InChI=1S/C17H21NO5/c1-2-22-16(20)13-7-9-14(10-8-13)18-15(19)11-23-17(21)12-5-3-4-6-12/h7-10,12H,2-6,11H2,1H3,(H,18,19). The van der Waals surface area contributed by atoms with Crippen molar-refractivity contribution in [1.29, 1.82) is 0 Å². The largest absolute Gasteiger partial charge is 0.462 e. The highest BCUT2D eigenvalue weighted by molar-refractivity contribution is 5.94. The lowest BCUT2D eigenvalue weighted by Gasteiger charge is -2.10. The van der Waals surface area contributed by atoms with Gasteiger partial charge in [0.15, 0.2) is 6.61 Å². The summed E-state index contributed by atoms with van der Waals surface area (Å²) in [6.07, 6.45) is 3.77. The molecule has 0 spiro atoms. The smallest absolute Gasteiger partial charge is 0.338 e. The Morgan fingerprint density at radius 3 is 2.35 bits per heavy atom. The number of hydrogen-bond acceptors (Lipinski definition) is 5. The lowest BCUT2D eigenvalue weighted by molar-refractivity contribution is -0.151. The fraction of sp³-hybridized carbons (Fsp3) is 0.471. The van der Waals surface area contributed by atoms with E-state index in [0.29, 0.717) is 17.9 Å². The summed E-state index contributed by atoms with van der Waals surface area (Å²) in [5.41, 5.74) is 0.942. The van der Waals surface area contributed by atoms with Crippen molar-refractivity contribution in [2.24, 2.45) is 5.92 Å². The normalized spacial score (nSPS) is 14.3. The van der Waals surface area contributed by atoms with Gasteiger partial charge in [-0.2, -0.15) is 0 Å². The number of anilines is 1. The number of ether oxygens (including phenoxy) is 2. The van der Waals surface area contributed by atoms with Gasteiger partial charge >= 0.3 is 11.9 Å². The predicted molar refractivity (Wildman–Crippen MR) is 83.9 cm³/mol. The molecule has 1 fully saturated rings. The minimum Gasteiger partial charge on any atom is -0.462 e. The van der Waals surface area contributed by atoms with Crippen LogP contribution in [0.15, 0.2) is 24.3 Å². The third-order valence-electron chi connectivity index (χ3n) is 3.71. The quantitative estimate of drug-likeness (QED) is 0.815. The molecule has 0 radical (unpaired) electrons. The van der Waals surface area contributed by atoms with Crippen molar-refractivity contribution in [3.8, 4) is 0 Å². The van der Waals surface area contributed by atoms with Crippen LogP contribution in [0.25, 0.3) is 0 Å². The molecule has 23 heavy (non-hydrogen) atoms. The number of benzene rings is 1. The molecule has 1 aromatic carbocycles. The van der Waals surface area contributed by atoms with E-state index in [1.807, 2.05) is 0 Å². The first kappa shape index (κ1) is 17.0. The van der Waals surface area contributed by atoms with Crippen molar-refractivity contribution in [3.63, 3.8) is 0 Å². The fourth-order valence-electron chi connectivity index (χ4n) is 2.52. The highest BCUT2D eigenvalue weighted by atomic mass is 16.5. The Morgan fingerprint density at radius 1 is 1.09 bits per heavy atom. The van der Waals surface area contributed by atoms with E-state index >= 15 is 0 Å². The maximum Gasteiger partial charge on any atom is 0.338 e. The van der Waals surface area contributed by atoms with Crippen LogP contribution < -0.4 is 5.32 Å². The zero-order valence-corrected chi connectivity index (χ0v) is 13.2. The van der Waals surface area contributed by atoms with Crippen molar-refractivity contribution >= 4 is 23.5 Å². The number of carbonyl (C=O) groups is 3. The maximum absolute atomic E-state index is 11.8. The molecule has 0 atom stereocenters. The topological polar surface area (TPSA) is 81.7 Å². The Balaban J connectivity index is 1.78. The number of carbonyl (C=O) groups excluding carboxylic acids is 3. The molecule has 6 heteroatoms. The van der Waals surface area contributed by atoms with Crippen LogP contribution in [0.4, 0.5) is 5.69 Å². The van der Waals surface area contributed by atoms with E-state index in [1.54, 1.807) is 31.2 Å². The van der Waals surface area contributed by atoms with Crippen molar-refractivity contribution in [2.45, 2.75) is 32.6 Å². The van der Waals surface area contributed by atoms with Crippen molar-refractivity contribution in [2.75, 3.05) is 18.5 Å². The summed E-state index contributed by atoms with van der Waals surface area (Å²) in [5.74, 6) is -1.17. The SMILES string of the molecule is CCOC(=O)c1ccc(NC(=O)COC(=O)C2CCCC2)cc1. The number of esters is 2. The van der Waals surface area contributed by atoms with E-state index < -0.39 is 11.9 Å². The molecular weight excluding hydrogens is 298 g/mol. The fourth-order valence-corrected chi connectivity index (χ4v) is 2.52. The van der Waals surface area contributed by atoms with Gasteiger partial charge in [0.05, 0.1) is 18.1 Å². The average Bonchev–Trinajstić information content (AvgIpc) is 3.08. The molecule has 1 amide bonds. The van der Waals surface area contributed by atoms with Crippen LogP contribution in [0, 0.1) is 5.92 Å². The van der Waals surface area contributed by atoms with E-state index in [1.165, 1.54) is 0 Å². The van der Waals surface area contributed by atoms with Gasteiger partial charge in [0.1, 0.15) is 0 Å². The van der Waals surface area contributed by atoms with Crippen LogP contribution in [0.2, 0.25) is 0 Å². The van der Waals surface area contributed by atoms with Gasteiger partial charge in [0.25, 0.3) is 5.91 Å². The Bertz CT molecular complexity index is 561. The summed E-state index contributed by atoms with van der Waals surface area (Å²) in [6.45, 7) is 1.75. The summed E-state index contributed by atoms with van der Waals surface area (Å²) in [7, 11) is 0. The average molecular weight is 319 g/mol. The summed E-state index contributed by atoms with van der Waals surface area (Å²) in [4.78, 5) is 35.0. The molecule has 0 heterocycles. The number of nitrogens with one attached hydrogen (secondary N) is 1. The minimum absolute atomic E-state index is 0.0633. The first-order chi connectivity index (χ1) is 11.1. The van der Waals surface area contributed by atoms with Crippen molar-refractivity contribution in [1.82, 2.24) is 0 Å². The van der Waals surface area contributed by atoms with Crippen LogP contribution >= 0.6 is 0 Å². The Hall–Kier alpha value is -2.37. The molecule has 0 bridgehead atoms. The van der Waals surface area contributed by atoms with E-state index in [0.717, 1.165) is 25.7 Å². The molecule has 0 aromatic heterocycles. The van der Waals surface area contributed by atoms with E-state index in [9.17, 15) is 14.4 Å². The Morgan fingerprint density at radius 2 is 1.74 bits per heavy atom. The second kappa shape index (κ2) is 8.31. The van der Waals surface area contributed by atoms with Gasteiger partial charge in [0, 0.05) is 5.69 Å². The second-order valence-corrected chi connectivity index (χ2v) is 5.44. The zero-order valence-electron chi connectivity index (χ0n) is 13.2. The number of amides is 1. The molecule has 0 unspecified atom stereocenters. The molecule has 1 N–H and O–H groups in total. The van der Waals surface area contributed by atoms with Crippen molar-refractivity contribution in [3.05, 3.63) is 29.8 Å². The summed E-state index contributed by atoms with van der Waals surface area (Å²) >= 11 is 0. The summed E-state index contributed by atoms with van der Waals surface area (Å²) in [5, 5.41) is 2.62. The molecule has 1 aliphatic rings. The first-order valence-corrected chi connectivity index (χ1v) is 7.84. The van der Waals surface area contributed by atoms with Crippen LogP contribution in [0.1, 0.15) is 43.0 Å². The highest BCUT2D eigenvalue weighted by Gasteiger charge is 2.24. The monoisotopic (exact) mass is 319 g/mol. The third kappa shape index (κ3) is 5.09. The van der Waals surface area contributed by atoms with Crippen LogP contribution in [-0.2, 0) is 19.1 Å². The van der Waals surface area contributed by atoms with E-state index in [-0.39, 0.29) is 18.5 Å². The molecule has 2 rings (SSSR count). The van der Waals surface area contributed by atoms with Gasteiger partial charge in [-0.1, -0.05) is 12.8 Å². The molecule has 1 saturated carbocycles. The second-order valence-electron chi connectivity index (χ2n) is 5.44. The predicted octanol–water partition coefficient (Wildman–Crippen LogP) is 2.54. The minimum atomic E-state index is -0.407. The van der Waals surface area contributed by atoms with E-state index in [2.05, 4.69) is 5.32 Å². The Labute approximate surface area is 135 Å². The molecule has 1 aromatic rings. The number of rotatable bonds is 6. The van der Waals surface area contributed by atoms with Crippen molar-refractivity contribution < 1.29 is 23.9 Å². The van der Waals surface area contributed by atoms with Gasteiger partial charge in [0.2, 0.25) is 0 Å². The molecule has 0 aliphatic heterocycles. The lowest BCUT2D eigenvalue weighted by atomic mass is 10.1. The molecule has 0 saturated heterocycles. The molecule has 6 nitrogen and oxygen atoms in total. The lowest BCUT2D eigenvalue weighted by Crippen LogP contribution is -2.23. The van der Waals surface area contributed by atoms with Gasteiger partial charge in [-0.15, -0.1) is 0 Å². The molecule has 1 aliphatic carbocycles. The van der Waals surface area contributed by atoms with Gasteiger partial charge in [-0.3, -0.25) is 9.59 Å². The Kier molecular flexibility index (Phi) is 6.14. The van der Waals surface area contributed by atoms with Crippen LogP contribution in [0.3, 0.4) is 0 Å². The summed E-state index contributed by atoms with van der Waals surface area (Å²) < 4.78 is 9.91. The molecular formula is C17H21NO5. The van der Waals surface area contributed by atoms with Crippen LogP contribution in [0.5, 0.6) is 0 Å². The highest BCUT2D eigenvalue weighted by Crippen LogP contribution is 2.25. The van der Waals surface area contributed by atoms with Gasteiger partial charge in [-0.25, -0.2) is 4.79 Å². The van der Waals surface area contributed by atoms with Gasteiger partial charge < -0.3 is 14.8 Å². The van der Waals surface area contributed by atoms with Gasteiger partial charge in [-0.05, 0) is 44.0 Å². The summed E-state index contributed by atoms with van der Waals surface area (Å²) in [6, 6.07) is 6.34. The molecule has 124 valence electrons.